The summed E-state index contributed by atoms with van der Waals surface area (Å²) in [4.78, 5) is 56.2. The minimum absolute atomic E-state index is 0.0835. The van der Waals surface area contributed by atoms with Crippen molar-refractivity contribution in [3.05, 3.63) is 108 Å². The molecule has 1 heterocycles. The molecule has 0 aliphatic carbocycles. The molecule has 0 saturated carbocycles. The first kappa shape index (κ1) is 34.1. The van der Waals surface area contributed by atoms with Gasteiger partial charge in [-0.2, -0.15) is 0 Å². The Morgan fingerprint density at radius 3 is 2.20 bits per heavy atom. The van der Waals surface area contributed by atoms with E-state index in [-0.39, 0.29) is 22.9 Å². The van der Waals surface area contributed by atoms with Crippen molar-refractivity contribution in [2.75, 3.05) is 5.75 Å². The number of rotatable bonds is 13. The lowest BCUT2D eigenvalue weighted by Crippen LogP contribution is -2.54. The van der Waals surface area contributed by atoms with E-state index in [4.69, 9.17) is 5.73 Å². The average Bonchev–Trinajstić information content (AvgIpc) is 3.02. The first-order chi connectivity index (χ1) is 21.9. The van der Waals surface area contributed by atoms with E-state index in [1.54, 1.807) is 48.5 Å². The van der Waals surface area contributed by atoms with Crippen molar-refractivity contribution < 1.29 is 24.3 Å². The van der Waals surface area contributed by atoms with Gasteiger partial charge in [0, 0.05) is 27.1 Å². The first-order valence-corrected chi connectivity index (χ1v) is 15.9. The van der Waals surface area contributed by atoms with Gasteiger partial charge in [-0.3, -0.25) is 19.2 Å². The highest BCUT2D eigenvalue weighted by atomic mass is 32.2. The summed E-state index contributed by atoms with van der Waals surface area (Å²) in [6.07, 6.45) is -1.16. The van der Waals surface area contributed by atoms with Gasteiger partial charge in [0.1, 0.15) is 11.7 Å². The van der Waals surface area contributed by atoms with E-state index in [2.05, 4.69) is 20.9 Å². The molecular weight excluding hydrogens is 602 g/mol. The number of carbonyl (C=O) groups is 4. The van der Waals surface area contributed by atoms with Crippen molar-refractivity contribution in [2.24, 2.45) is 5.73 Å². The van der Waals surface area contributed by atoms with Crippen LogP contribution in [-0.4, -0.2) is 63.2 Å². The number of para-hydroxylation sites is 1. The highest BCUT2D eigenvalue weighted by Crippen LogP contribution is 2.22. The van der Waals surface area contributed by atoms with Crippen LogP contribution in [0.15, 0.2) is 95.9 Å². The van der Waals surface area contributed by atoms with Crippen LogP contribution in [0.5, 0.6) is 0 Å². The molecule has 4 amide bonds. The van der Waals surface area contributed by atoms with Gasteiger partial charge in [-0.05, 0) is 69.2 Å². The fraction of sp³-hybridized carbons (Fsp3) is 0.286. The molecule has 0 saturated heterocycles. The van der Waals surface area contributed by atoms with E-state index in [0.717, 1.165) is 15.8 Å². The van der Waals surface area contributed by atoms with Crippen LogP contribution in [0.3, 0.4) is 0 Å². The third kappa shape index (κ3) is 10.1. The number of nitrogens with zero attached hydrogens (tertiary/aromatic N) is 1. The van der Waals surface area contributed by atoms with E-state index < -0.39 is 42.3 Å². The summed E-state index contributed by atoms with van der Waals surface area (Å²) in [7, 11) is 0. The molecule has 46 heavy (non-hydrogen) atoms. The number of aliphatic hydroxyl groups is 1. The Morgan fingerprint density at radius 1 is 0.848 bits per heavy atom. The Kier molecular flexibility index (Phi) is 11.5. The van der Waals surface area contributed by atoms with Crippen LogP contribution < -0.4 is 21.7 Å². The number of aromatic nitrogens is 1. The molecule has 0 unspecified atom stereocenters. The number of carbonyl (C=O) groups excluding carboxylic acids is 4. The van der Waals surface area contributed by atoms with Crippen LogP contribution in [0.4, 0.5) is 0 Å². The molecule has 0 spiro atoms. The second-order valence-corrected chi connectivity index (χ2v) is 13.1. The summed E-state index contributed by atoms with van der Waals surface area (Å²) in [5, 5.41) is 20.5. The van der Waals surface area contributed by atoms with Gasteiger partial charge in [0.2, 0.25) is 11.8 Å². The van der Waals surface area contributed by atoms with Crippen molar-refractivity contribution in [3.63, 3.8) is 0 Å². The number of fused-ring (bicyclic) bond motifs is 1. The van der Waals surface area contributed by atoms with Gasteiger partial charge < -0.3 is 26.8 Å². The zero-order valence-electron chi connectivity index (χ0n) is 26.0. The van der Waals surface area contributed by atoms with Crippen LogP contribution >= 0.6 is 11.8 Å². The lowest BCUT2D eigenvalue weighted by molar-refractivity contribution is -0.128. The maximum atomic E-state index is 13.5. The molecule has 0 fully saturated rings. The Balaban J connectivity index is 1.46. The molecular formula is C35H39N5O5S. The maximum Gasteiger partial charge on any atom is 0.270 e. The Hall–Kier alpha value is -4.74. The van der Waals surface area contributed by atoms with E-state index in [9.17, 15) is 24.3 Å². The zero-order chi connectivity index (χ0) is 33.3. The summed E-state index contributed by atoms with van der Waals surface area (Å²) >= 11 is 1.37. The molecule has 0 radical (unpaired) electrons. The van der Waals surface area contributed by atoms with Crippen LogP contribution in [0.25, 0.3) is 10.9 Å². The summed E-state index contributed by atoms with van der Waals surface area (Å²) in [6, 6.07) is 25.0. The van der Waals surface area contributed by atoms with Gasteiger partial charge in [-0.15, -0.1) is 11.8 Å². The number of thioether (sulfide) groups is 1. The number of hydrogen-bond acceptors (Lipinski definition) is 7. The predicted molar refractivity (Wildman–Crippen MR) is 179 cm³/mol. The summed E-state index contributed by atoms with van der Waals surface area (Å²) in [5.41, 5.74) is 7.17. The number of nitrogens with two attached hydrogens (primary N) is 1. The van der Waals surface area contributed by atoms with Gasteiger partial charge >= 0.3 is 0 Å². The molecule has 1 aromatic heterocycles. The van der Waals surface area contributed by atoms with Gasteiger partial charge in [0.25, 0.3) is 11.8 Å². The van der Waals surface area contributed by atoms with Crippen molar-refractivity contribution in [2.45, 2.75) is 62.2 Å². The van der Waals surface area contributed by atoms with E-state index in [0.29, 0.717) is 17.5 Å². The standard InChI is InChI=1S/C35H39N5O5S/c1-35(2,3)40-32(43)24-13-16-25(17-14-24)46-21-30(41)28(19-22-9-5-4-6-10-22)38-34(45)29(20-31(36)42)39-33(44)27-18-15-23-11-7-8-12-26(23)37-27/h4-18,28-30,41H,19-21H2,1-3H3,(H2,36,42)(H,38,45)(H,39,44)(H,40,43)/t28-,29-,30-/m0/s1. The second-order valence-electron chi connectivity index (χ2n) is 12.0. The summed E-state index contributed by atoms with van der Waals surface area (Å²) in [5.74, 6) is -2.03. The minimum Gasteiger partial charge on any atom is -0.390 e. The minimum atomic E-state index is -1.29. The topological polar surface area (TPSA) is 164 Å². The zero-order valence-corrected chi connectivity index (χ0v) is 26.8. The second kappa shape index (κ2) is 15.5. The lowest BCUT2D eigenvalue weighted by atomic mass is 10.0. The molecule has 0 aliphatic rings. The van der Waals surface area contributed by atoms with Crippen molar-refractivity contribution in [1.29, 1.82) is 0 Å². The van der Waals surface area contributed by atoms with Crippen molar-refractivity contribution >= 4 is 46.3 Å². The summed E-state index contributed by atoms with van der Waals surface area (Å²) in [6.45, 7) is 5.73. The SMILES string of the molecule is CC(C)(C)NC(=O)c1ccc(SC[C@H](O)[C@H](Cc2ccccc2)NC(=O)[C@H](CC(N)=O)NC(=O)c2ccc3ccccc3n2)cc1. The number of benzene rings is 3. The molecule has 6 N–H and O–H groups in total. The van der Waals surface area contributed by atoms with Crippen LogP contribution in [0.1, 0.15) is 53.6 Å². The molecule has 240 valence electrons. The van der Waals surface area contributed by atoms with Gasteiger partial charge in [-0.1, -0.05) is 54.6 Å². The van der Waals surface area contributed by atoms with Gasteiger partial charge in [-0.25, -0.2) is 4.98 Å². The Labute approximate surface area is 272 Å². The van der Waals surface area contributed by atoms with Gasteiger partial charge in [0.15, 0.2) is 0 Å². The quantitative estimate of drug-likeness (QED) is 0.139. The largest absolute Gasteiger partial charge is 0.390 e. The maximum absolute atomic E-state index is 13.5. The third-order valence-electron chi connectivity index (χ3n) is 6.97. The molecule has 10 nitrogen and oxygen atoms in total. The highest BCUT2D eigenvalue weighted by Gasteiger charge is 2.29. The smallest absolute Gasteiger partial charge is 0.270 e. The van der Waals surface area contributed by atoms with Crippen molar-refractivity contribution in [1.82, 2.24) is 20.9 Å². The van der Waals surface area contributed by atoms with E-state index in [1.165, 1.54) is 11.8 Å². The average molecular weight is 642 g/mol. The molecule has 0 aliphatic heterocycles. The third-order valence-corrected chi connectivity index (χ3v) is 8.09. The monoisotopic (exact) mass is 641 g/mol. The predicted octanol–water partition coefficient (Wildman–Crippen LogP) is 3.62. The number of pyridine rings is 1. The number of aliphatic hydroxyl groups excluding tert-OH is 1. The normalized spacial score (nSPS) is 13.3. The fourth-order valence-corrected chi connectivity index (χ4v) is 5.61. The lowest BCUT2D eigenvalue weighted by Gasteiger charge is -2.27. The van der Waals surface area contributed by atoms with Crippen LogP contribution in [0.2, 0.25) is 0 Å². The van der Waals surface area contributed by atoms with Crippen molar-refractivity contribution in [3.8, 4) is 0 Å². The number of nitrogens with one attached hydrogen (secondary N) is 3. The highest BCUT2D eigenvalue weighted by molar-refractivity contribution is 7.99. The molecule has 3 atom stereocenters. The van der Waals surface area contributed by atoms with Crippen LogP contribution in [-0.2, 0) is 16.0 Å². The van der Waals surface area contributed by atoms with E-state index in [1.807, 2.05) is 63.2 Å². The molecule has 3 aromatic carbocycles. The van der Waals surface area contributed by atoms with Crippen LogP contribution in [0, 0.1) is 0 Å². The Bertz CT molecular complexity index is 1670. The summed E-state index contributed by atoms with van der Waals surface area (Å²) < 4.78 is 0. The number of hydrogen-bond donors (Lipinski definition) is 5. The van der Waals surface area contributed by atoms with E-state index >= 15 is 0 Å². The fourth-order valence-electron chi connectivity index (χ4n) is 4.68. The number of primary amides is 1. The molecule has 4 rings (SSSR count). The molecule has 4 aromatic rings. The Morgan fingerprint density at radius 2 is 1.52 bits per heavy atom. The molecule has 0 bridgehead atoms. The van der Waals surface area contributed by atoms with Gasteiger partial charge in [0.05, 0.1) is 24.1 Å². The number of amides is 4. The molecule has 11 heteroatoms. The first-order valence-electron chi connectivity index (χ1n) is 14.9.